The van der Waals surface area contributed by atoms with E-state index in [9.17, 15) is 0 Å². The Kier molecular flexibility index (Phi) is 4.93. The van der Waals surface area contributed by atoms with Crippen LogP contribution in [-0.4, -0.2) is 10.7 Å². The molecule has 0 aliphatic heterocycles. The molecule has 0 amide bonds. The molecule has 0 unspecified atom stereocenters. The topological polar surface area (TPSA) is 25.2 Å². The van der Waals surface area contributed by atoms with E-state index in [4.69, 9.17) is 0 Å². The Hall–Kier alpha value is -1.96. The molecule has 1 aromatic heterocycles. The molecule has 0 spiro atoms. The smallest absolute Gasteiger partial charge is 0.0697 e. The van der Waals surface area contributed by atoms with Crippen LogP contribution in [-0.2, 0) is 0 Å². The number of pyridine rings is 1. The summed E-state index contributed by atoms with van der Waals surface area (Å²) in [7, 11) is 0. The van der Waals surface area contributed by atoms with Crippen molar-refractivity contribution in [1.29, 1.82) is 0 Å². The second-order valence-electron chi connectivity index (χ2n) is 3.22. The van der Waals surface area contributed by atoms with E-state index < -0.39 is 0 Å². The van der Waals surface area contributed by atoms with Gasteiger partial charge in [0.1, 0.15) is 0 Å². The number of allylic oxidation sites excluding steroid dienone is 3. The van der Waals surface area contributed by atoms with Gasteiger partial charge in [-0.3, -0.25) is 9.98 Å². The zero-order chi connectivity index (χ0) is 11.8. The molecule has 0 saturated carbocycles. The van der Waals surface area contributed by atoms with Gasteiger partial charge < -0.3 is 0 Å². The zero-order valence-electron chi connectivity index (χ0n) is 9.56. The minimum atomic E-state index is 0.843. The monoisotopic (exact) mass is 212 g/mol. The van der Waals surface area contributed by atoms with Crippen LogP contribution in [0.25, 0.3) is 0 Å². The maximum Gasteiger partial charge on any atom is 0.0697 e. The summed E-state index contributed by atoms with van der Waals surface area (Å²) in [6.07, 6.45) is 9.79. The molecule has 1 rings (SSSR count). The molecule has 0 atom stereocenters. The number of aliphatic imine (C=N–C) groups is 1. The third kappa shape index (κ3) is 3.31. The van der Waals surface area contributed by atoms with Gasteiger partial charge in [0.05, 0.1) is 5.71 Å². The molecule has 0 aliphatic carbocycles. The van der Waals surface area contributed by atoms with Gasteiger partial charge in [0.25, 0.3) is 0 Å². The fraction of sp³-hybridized carbons (Fsp3) is 0.143. The standard InChI is InChI=1S/C14H16N2/c1-4-12(5-2)11-16-14(6-3)13-7-9-15-10-8-13/h4,6-11H,1,3,5H2,2H3/b12-11+,16-14?. The second kappa shape index (κ2) is 6.51. The van der Waals surface area contributed by atoms with Crippen molar-refractivity contribution < 1.29 is 0 Å². The number of rotatable bonds is 5. The van der Waals surface area contributed by atoms with E-state index in [0.29, 0.717) is 0 Å². The van der Waals surface area contributed by atoms with Gasteiger partial charge in [-0.05, 0) is 30.2 Å². The van der Waals surface area contributed by atoms with Crippen molar-refractivity contribution in [2.45, 2.75) is 13.3 Å². The Balaban J connectivity index is 2.99. The van der Waals surface area contributed by atoms with Gasteiger partial charge in [-0.15, -0.1) is 0 Å². The van der Waals surface area contributed by atoms with Gasteiger partial charge in [0, 0.05) is 24.2 Å². The third-order valence-electron chi connectivity index (χ3n) is 2.21. The largest absolute Gasteiger partial charge is 0.265 e. The lowest BCUT2D eigenvalue weighted by Crippen LogP contribution is -1.95. The van der Waals surface area contributed by atoms with Gasteiger partial charge in [0.2, 0.25) is 0 Å². The molecular formula is C14H16N2. The molecular weight excluding hydrogens is 196 g/mol. The molecule has 0 N–H and O–H groups in total. The summed E-state index contributed by atoms with van der Waals surface area (Å²) in [6, 6.07) is 3.82. The van der Waals surface area contributed by atoms with Crippen LogP contribution in [0.4, 0.5) is 0 Å². The van der Waals surface area contributed by atoms with E-state index in [2.05, 4.69) is 30.1 Å². The van der Waals surface area contributed by atoms with Crippen molar-refractivity contribution in [2.24, 2.45) is 4.99 Å². The summed E-state index contributed by atoms with van der Waals surface area (Å²) in [6.45, 7) is 9.57. The molecule has 0 aromatic carbocycles. The molecule has 0 saturated heterocycles. The van der Waals surface area contributed by atoms with Crippen LogP contribution in [0, 0.1) is 0 Å². The highest BCUT2D eigenvalue weighted by molar-refractivity contribution is 6.08. The van der Waals surface area contributed by atoms with Gasteiger partial charge in [0.15, 0.2) is 0 Å². The van der Waals surface area contributed by atoms with Crippen molar-refractivity contribution in [3.05, 3.63) is 67.2 Å². The predicted octanol–water partition coefficient (Wildman–Crippen LogP) is 3.54. The third-order valence-corrected chi connectivity index (χ3v) is 2.21. The van der Waals surface area contributed by atoms with Crippen LogP contribution in [0.15, 0.2) is 66.6 Å². The lowest BCUT2D eigenvalue weighted by atomic mass is 10.1. The number of nitrogens with zero attached hydrogens (tertiary/aromatic N) is 2. The van der Waals surface area contributed by atoms with Gasteiger partial charge in [-0.25, -0.2) is 0 Å². The number of aromatic nitrogens is 1. The summed E-state index contributed by atoms with van der Waals surface area (Å²) in [4.78, 5) is 8.36. The Morgan fingerprint density at radius 2 is 2.00 bits per heavy atom. The quantitative estimate of drug-likeness (QED) is 0.541. The van der Waals surface area contributed by atoms with Gasteiger partial charge in [-0.2, -0.15) is 0 Å². The maximum absolute atomic E-state index is 4.39. The first-order valence-corrected chi connectivity index (χ1v) is 5.24. The average Bonchev–Trinajstić information content (AvgIpc) is 2.36. The number of hydrogen-bond acceptors (Lipinski definition) is 2. The molecule has 82 valence electrons. The normalized spacial score (nSPS) is 12.3. The van der Waals surface area contributed by atoms with Gasteiger partial charge >= 0.3 is 0 Å². The van der Waals surface area contributed by atoms with E-state index in [1.807, 2.05) is 24.4 Å². The zero-order valence-corrected chi connectivity index (χ0v) is 9.56. The van der Waals surface area contributed by atoms with Crippen LogP contribution in [0.5, 0.6) is 0 Å². The van der Waals surface area contributed by atoms with Crippen LogP contribution >= 0.6 is 0 Å². The van der Waals surface area contributed by atoms with Crippen LogP contribution in [0.1, 0.15) is 18.9 Å². The van der Waals surface area contributed by atoms with E-state index >= 15 is 0 Å². The van der Waals surface area contributed by atoms with Crippen molar-refractivity contribution >= 4 is 5.71 Å². The molecule has 0 aliphatic rings. The van der Waals surface area contributed by atoms with Crippen LogP contribution in [0.2, 0.25) is 0 Å². The lowest BCUT2D eigenvalue weighted by Gasteiger charge is -1.99. The molecule has 1 heterocycles. The number of hydrogen-bond donors (Lipinski definition) is 0. The van der Waals surface area contributed by atoms with Crippen molar-refractivity contribution in [3.63, 3.8) is 0 Å². The Labute approximate surface area is 96.8 Å². The fourth-order valence-electron chi connectivity index (χ4n) is 1.21. The summed E-state index contributed by atoms with van der Waals surface area (Å²) >= 11 is 0. The Bertz CT molecular complexity index is 414. The highest BCUT2D eigenvalue weighted by Gasteiger charge is 1.96. The molecule has 0 fully saturated rings. The fourth-order valence-corrected chi connectivity index (χ4v) is 1.21. The maximum atomic E-state index is 4.39. The Morgan fingerprint density at radius 3 is 2.50 bits per heavy atom. The lowest BCUT2D eigenvalue weighted by molar-refractivity contribution is 1.14. The molecule has 0 radical (unpaired) electrons. The van der Waals surface area contributed by atoms with Crippen molar-refractivity contribution in [1.82, 2.24) is 4.98 Å². The first kappa shape index (κ1) is 12.1. The first-order chi connectivity index (χ1) is 7.81. The van der Waals surface area contributed by atoms with Crippen molar-refractivity contribution in [2.75, 3.05) is 0 Å². The molecule has 0 bridgehead atoms. The Morgan fingerprint density at radius 1 is 1.31 bits per heavy atom. The predicted molar refractivity (Wildman–Crippen MR) is 69.5 cm³/mol. The van der Waals surface area contributed by atoms with Crippen molar-refractivity contribution in [3.8, 4) is 0 Å². The molecule has 2 heteroatoms. The first-order valence-electron chi connectivity index (χ1n) is 5.24. The summed E-state index contributed by atoms with van der Waals surface area (Å²) in [5.74, 6) is 0. The highest BCUT2D eigenvalue weighted by atomic mass is 14.7. The van der Waals surface area contributed by atoms with E-state index in [1.54, 1.807) is 18.5 Å². The average molecular weight is 212 g/mol. The summed E-state index contributed by atoms with van der Waals surface area (Å²) < 4.78 is 0. The molecule has 1 aromatic rings. The summed E-state index contributed by atoms with van der Waals surface area (Å²) in [5.41, 5.74) is 2.96. The van der Waals surface area contributed by atoms with E-state index in [-0.39, 0.29) is 0 Å². The second-order valence-corrected chi connectivity index (χ2v) is 3.22. The van der Waals surface area contributed by atoms with Crippen LogP contribution < -0.4 is 0 Å². The van der Waals surface area contributed by atoms with Crippen LogP contribution in [0.3, 0.4) is 0 Å². The minimum absolute atomic E-state index is 0.843. The summed E-state index contributed by atoms with van der Waals surface area (Å²) in [5, 5.41) is 0. The van der Waals surface area contributed by atoms with Gasteiger partial charge in [-0.1, -0.05) is 26.2 Å². The SMILES string of the molecule is C=CC(=N/C=C(\C=C)CC)c1ccncc1. The molecule has 16 heavy (non-hydrogen) atoms. The molecule has 2 nitrogen and oxygen atoms in total. The highest BCUT2D eigenvalue weighted by Crippen LogP contribution is 2.05. The minimum Gasteiger partial charge on any atom is -0.265 e. The van der Waals surface area contributed by atoms with E-state index in [0.717, 1.165) is 23.3 Å². The van der Waals surface area contributed by atoms with E-state index in [1.165, 1.54) is 0 Å².